The molecule has 3 heterocycles. The lowest BCUT2D eigenvalue weighted by atomic mass is 9.59. The van der Waals surface area contributed by atoms with Crippen LogP contribution in [0.25, 0.3) is 11.0 Å². The van der Waals surface area contributed by atoms with Gasteiger partial charge in [-0.3, -0.25) is 4.90 Å². The topological polar surface area (TPSA) is 81.7 Å². The predicted molar refractivity (Wildman–Crippen MR) is 159 cm³/mol. The summed E-state index contributed by atoms with van der Waals surface area (Å²) in [5, 5.41) is 10.7. The second-order valence-electron chi connectivity index (χ2n) is 11.9. The zero-order valence-electron chi connectivity index (χ0n) is 23.5. The van der Waals surface area contributed by atoms with E-state index in [1.54, 1.807) is 23.4 Å². The van der Waals surface area contributed by atoms with Crippen molar-refractivity contribution in [1.29, 1.82) is 0 Å². The zero-order chi connectivity index (χ0) is 27.7. The number of H-pyrrole nitrogens is 1. The molecule has 1 spiro atoms. The van der Waals surface area contributed by atoms with Crippen LogP contribution in [0.15, 0.2) is 66.0 Å². The van der Waals surface area contributed by atoms with Gasteiger partial charge in [0.25, 0.3) is 0 Å². The van der Waals surface area contributed by atoms with Crippen molar-refractivity contribution in [3.63, 3.8) is 0 Å². The monoisotopic (exact) mass is 540 g/mol. The minimum absolute atomic E-state index is 0.143. The Morgan fingerprint density at radius 1 is 1.15 bits per heavy atom. The summed E-state index contributed by atoms with van der Waals surface area (Å²) >= 11 is 0. The standard InChI is InChI=1S/C33H40N4O3/c1-3-5-23(2)29-20-33(10-4-11-33)12-8-25(29)22-36-14-16-37(17-15-36)26-6-7-28(32(38)39)30(19-26)40-27-18-24-9-13-34-31(24)35-21-27/h6-7,9,13,18-19,21H,2-5,8,10-12,14-17,20,22H2,1H3,(H,34,35)(H,38,39). The van der Waals surface area contributed by atoms with Gasteiger partial charge in [0.05, 0.1) is 6.20 Å². The molecule has 40 heavy (non-hydrogen) atoms. The summed E-state index contributed by atoms with van der Waals surface area (Å²) in [7, 11) is 0. The summed E-state index contributed by atoms with van der Waals surface area (Å²) in [6.45, 7) is 11.6. The Balaban J connectivity index is 1.14. The Hall–Kier alpha value is -3.58. The normalized spacial score (nSPS) is 19.2. The van der Waals surface area contributed by atoms with Crippen LogP contribution in [0, 0.1) is 5.41 Å². The summed E-state index contributed by atoms with van der Waals surface area (Å²) < 4.78 is 6.08. The molecule has 1 saturated heterocycles. The fraction of sp³-hybridized carbons (Fsp3) is 0.455. The second kappa shape index (κ2) is 11.1. The Kier molecular flexibility index (Phi) is 7.41. The maximum atomic E-state index is 11.9. The fourth-order valence-corrected chi connectivity index (χ4v) is 6.77. The van der Waals surface area contributed by atoms with Gasteiger partial charge < -0.3 is 19.7 Å². The Morgan fingerprint density at radius 3 is 2.70 bits per heavy atom. The van der Waals surface area contributed by atoms with E-state index >= 15 is 0 Å². The number of hydrogen-bond acceptors (Lipinski definition) is 5. The Labute approximate surface area is 236 Å². The van der Waals surface area contributed by atoms with Crippen molar-refractivity contribution >= 4 is 22.7 Å². The average molecular weight is 541 g/mol. The van der Waals surface area contributed by atoms with Crippen molar-refractivity contribution in [3.05, 3.63) is 71.6 Å². The molecule has 210 valence electrons. The van der Waals surface area contributed by atoms with Crippen LogP contribution in [0.1, 0.15) is 68.6 Å². The zero-order valence-corrected chi connectivity index (χ0v) is 23.5. The van der Waals surface area contributed by atoms with Gasteiger partial charge in [0.2, 0.25) is 0 Å². The quantitative estimate of drug-likeness (QED) is 0.299. The number of piperazine rings is 1. The number of ether oxygens (including phenoxy) is 1. The van der Waals surface area contributed by atoms with Gasteiger partial charge in [0.1, 0.15) is 22.7 Å². The van der Waals surface area contributed by atoms with Crippen LogP contribution in [0.4, 0.5) is 5.69 Å². The summed E-state index contributed by atoms with van der Waals surface area (Å²) in [6, 6.07) is 9.19. The number of anilines is 1. The smallest absolute Gasteiger partial charge is 0.339 e. The molecule has 2 aromatic heterocycles. The van der Waals surface area contributed by atoms with Crippen LogP contribution >= 0.6 is 0 Å². The van der Waals surface area contributed by atoms with E-state index in [1.807, 2.05) is 30.5 Å². The van der Waals surface area contributed by atoms with E-state index in [1.165, 1.54) is 44.1 Å². The molecule has 1 aromatic carbocycles. The number of aromatic carboxylic acids is 1. The predicted octanol–water partition coefficient (Wildman–Crippen LogP) is 7.18. The van der Waals surface area contributed by atoms with Gasteiger partial charge in [-0.25, -0.2) is 9.78 Å². The highest BCUT2D eigenvalue weighted by molar-refractivity contribution is 5.92. The molecule has 0 atom stereocenters. The minimum Gasteiger partial charge on any atom is -0.478 e. The SMILES string of the molecule is C=C(CCC)C1=C(CN2CCN(c3ccc(C(=O)O)c(Oc4cnc5[nH]ccc5c4)c3)CC2)CCC2(CCC2)C1. The Bertz CT molecular complexity index is 1440. The molecule has 1 saturated carbocycles. The molecule has 3 aromatic rings. The molecule has 3 aliphatic rings. The lowest BCUT2D eigenvalue weighted by Gasteiger charge is -2.47. The fourth-order valence-electron chi connectivity index (χ4n) is 6.77. The second-order valence-corrected chi connectivity index (χ2v) is 11.9. The lowest BCUT2D eigenvalue weighted by molar-refractivity contribution is 0.0694. The van der Waals surface area contributed by atoms with Crippen molar-refractivity contribution in [3.8, 4) is 11.5 Å². The number of carboxylic acid groups (broad SMARTS) is 1. The van der Waals surface area contributed by atoms with Gasteiger partial charge in [-0.15, -0.1) is 0 Å². The summed E-state index contributed by atoms with van der Waals surface area (Å²) in [5.74, 6) is -0.158. The van der Waals surface area contributed by atoms with Crippen molar-refractivity contribution in [2.24, 2.45) is 5.41 Å². The van der Waals surface area contributed by atoms with Gasteiger partial charge >= 0.3 is 5.97 Å². The maximum Gasteiger partial charge on any atom is 0.339 e. The number of benzene rings is 1. The number of fused-ring (bicyclic) bond motifs is 1. The number of aromatic amines is 1. The number of hydrogen-bond donors (Lipinski definition) is 2. The highest BCUT2D eigenvalue weighted by atomic mass is 16.5. The van der Waals surface area contributed by atoms with Crippen LogP contribution in [0.3, 0.4) is 0 Å². The molecule has 7 nitrogen and oxygen atoms in total. The third kappa shape index (κ3) is 5.39. The van der Waals surface area contributed by atoms with E-state index in [-0.39, 0.29) is 5.56 Å². The van der Waals surface area contributed by atoms with Gasteiger partial charge in [0.15, 0.2) is 0 Å². The first kappa shape index (κ1) is 26.6. The minimum atomic E-state index is -1.01. The van der Waals surface area contributed by atoms with E-state index in [4.69, 9.17) is 4.74 Å². The third-order valence-electron chi connectivity index (χ3n) is 9.28. The number of nitrogens with zero attached hydrogens (tertiary/aromatic N) is 3. The number of carboxylic acids is 1. The van der Waals surface area contributed by atoms with Crippen LogP contribution in [0.5, 0.6) is 11.5 Å². The molecule has 0 amide bonds. The van der Waals surface area contributed by atoms with E-state index in [0.717, 1.165) is 62.3 Å². The summed E-state index contributed by atoms with van der Waals surface area (Å²) in [5.41, 5.74) is 7.05. The number of allylic oxidation sites excluding steroid dienone is 2. The van der Waals surface area contributed by atoms with Crippen molar-refractivity contribution in [1.82, 2.24) is 14.9 Å². The number of carbonyl (C=O) groups is 1. The van der Waals surface area contributed by atoms with E-state index in [0.29, 0.717) is 16.9 Å². The van der Waals surface area contributed by atoms with Crippen LogP contribution in [0.2, 0.25) is 0 Å². The van der Waals surface area contributed by atoms with E-state index in [9.17, 15) is 9.90 Å². The first-order chi connectivity index (χ1) is 19.4. The number of rotatable bonds is 9. The first-order valence-corrected chi connectivity index (χ1v) is 14.8. The van der Waals surface area contributed by atoms with Gasteiger partial charge in [0, 0.05) is 56.1 Å². The number of pyridine rings is 1. The van der Waals surface area contributed by atoms with Gasteiger partial charge in [-0.05, 0) is 73.8 Å². The summed E-state index contributed by atoms with van der Waals surface area (Å²) in [4.78, 5) is 24.3. The van der Waals surface area contributed by atoms with Crippen LogP contribution in [-0.2, 0) is 0 Å². The van der Waals surface area contributed by atoms with Crippen LogP contribution < -0.4 is 9.64 Å². The first-order valence-electron chi connectivity index (χ1n) is 14.8. The highest BCUT2D eigenvalue weighted by Gasteiger charge is 2.40. The molecule has 2 N–H and O–H groups in total. The van der Waals surface area contributed by atoms with Crippen molar-refractivity contribution < 1.29 is 14.6 Å². The molecule has 0 bridgehead atoms. The average Bonchev–Trinajstić information content (AvgIpc) is 3.41. The molecule has 1 aliphatic heterocycles. The molecule has 6 rings (SSSR count). The number of aromatic nitrogens is 2. The maximum absolute atomic E-state index is 11.9. The largest absolute Gasteiger partial charge is 0.478 e. The lowest BCUT2D eigenvalue weighted by Crippen LogP contribution is -2.47. The molecule has 2 aliphatic carbocycles. The number of nitrogens with one attached hydrogen (secondary N) is 1. The molecule has 2 fully saturated rings. The summed E-state index contributed by atoms with van der Waals surface area (Å²) in [6.07, 6.45) is 13.7. The highest BCUT2D eigenvalue weighted by Crippen LogP contribution is 2.54. The molecular formula is C33H40N4O3. The molecule has 0 radical (unpaired) electrons. The Morgan fingerprint density at radius 2 is 1.98 bits per heavy atom. The van der Waals surface area contributed by atoms with E-state index in [2.05, 4.69) is 33.3 Å². The molecule has 0 unspecified atom stereocenters. The van der Waals surface area contributed by atoms with Gasteiger partial charge in [-0.1, -0.05) is 37.5 Å². The van der Waals surface area contributed by atoms with E-state index < -0.39 is 5.97 Å². The van der Waals surface area contributed by atoms with Gasteiger partial charge in [-0.2, -0.15) is 0 Å². The third-order valence-corrected chi connectivity index (χ3v) is 9.28. The van der Waals surface area contributed by atoms with Crippen molar-refractivity contribution in [2.75, 3.05) is 37.6 Å². The molecular weight excluding hydrogens is 500 g/mol. The van der Waals surface area contributed by atoms with Crippen molar-refractivity contribution in [2.45, 2.75) is 58.3 Å². The molecule has 7 heteroatoms. The van der Waals surface area contributed by atoms with Crippen LogP contribution in [-0.4, -0.2) is 58.7 Å².